The van der Waals surface area contributed by atoms with Crippen molar-refractivity contribution >= 4 is 0 Å². The van der Waals surface area contributed by atoms with Crippen molar-refractivity contribution in [2.75, 3.05) is 0 Å². The summed E-state index contributed by atoms with van der Waals surface area (Å²) in [5, 5.41) is 0. The molecule has 3 heterocycles. The largest absolute Gasteiger partial charge is 0.407 e. The summed E-state index contributed by atoms with van der Waals surface area (Å²) in [4.78, 5) is 8.71. The van der Waals surface area contributed by atoms with E-state index in [0.29, 0.717) is 23.5 Å². The standard InChI is InChI=1S/C22H22F4N6/c23-17-6-2-4-15-14(3-1-5-16(15)17)10-32-11-19(28-12-32)18-9-13(7-8-27-18)20-21(22(24,25)26)30-31-29-20/h2,4,6-9,11-12,14,20-21,29-31H,1,3,5,10H2. The molecule has 0 saturated carbocycles. The zero-order valence-electron chi connectivity index (χ0n) is 17.0. The highest BCUT2D eigenvalue weighted by Crippen LogP contribution is 2.35. The Hall–Kier alpha value is -2.82. The molecule has 3 N–H and O–H groups in total. The van der Waals surface area contributed by atoms with Crippen LogP contribution in [0.3, 0.4) is 0 Å². The molecule has 3 atom stereocenters. The van der Waals surface area contributed by atoms with E-state index in [1.54, 1.807) is 24.5 Å². The maximum Gasteiger partial charge on any atom is 0.407 e. The molecule has 2 aromatic heterocycles. The van der Waals surface area contributed by atoms with E-state index < -0.39 is 18.3 Å². The van der Waals surface area contributed by atoms with Crippen LogP contribution in [-0.2, 0) is 13.0 Å². The first-order valence-corrected chi connectivity index (χ1v) is 10.5. The fourth-order valence-corrected chi connectivity index (χ4v) is 4.63. The van der Waals surface area contributed by atoms with Gasteiger partial charge >= 0.3 is 6.18 Å². The van der Waals surface area contributed by atoms with Crippen LogP contribution < -0.4 is 16.4 Å². The summed E-state index contributed by atoms with van der Waals surface area (Å²) in [6, 6.07) is 5.65. The van der Waals surface area contributed by atoms with Crippen LogP contribution in [0.2, 0.25) is 0 Å². The number of aromatic nitrogens is 3. The molecule has 3 unspecified atom stereocenters. The Labute approximate surface area is 182 Å². The van der Waals surface area contributed by atoms with E-state index in [-0.39, 0.29) is 11.7 Å². The van der Waals surface area contributed by atoms with E-state index in [2.05, 4.69) is 26.4 Å². The summed E-state index contributed by atoms with van der Waals surface area (Å²) < 4.78 is 55.9. The van der Waals surface area contributed by atoms with Crippen molar-refractivity contribution in [1.82, 2.24) is 30.9 Å². The lowest BCUT2D eigenvalue weighted by molar-refractivity contribution is -0.156. The second kappa shape index (κ2) is 8.27. The average molecular weight is 446 g/mol. The van der Waals surface area contributed by atoms with Crippen LogP contribution in [0.4, 0.5) is 17.6 Å². The van der Waals surface area contributed by atoms with Gasteiger partial charge in [0.1, 0.15) is 17.6 Å². The smallest absolute Gasteiger partial charge is 0.336 e. The Morgan fingerprint density at radius 1 is 1.09 bits per heavy atom. The molecule has 1 fully saturated rings. The molecular formula is C22H22F4N6. The number of halogens is 4. The van der Waals surface area contributed by atoms with Crippen molar-refractivity contribution in [3.05, 3.63) is 71.6 Å². The number of imidazole rings is 1. The van der Waals surface area contributed by atoms with Gasteiger partial charge in [-0.1, -0.05) is 12.1 Å². The quantitative estimate of drug-likeness (QED) is 0.533. The molecule has 1 saturated heterocycles. The number of alkyl halides is 3. The van der Waals surface area contributed by atoms with Gasteiger partial charge < -0.3 is 4.57 Å². The van der Waals surface area contributed by atoms with E-state index in [0.717, 1.165) is 30.4 Å². The highest BCUT2D eigenvalue weighted by molar-refractivity contribution is 5.54. The van der Waals surface area contributed by atoms with Crippen LogP contribution in [-0.4, -0.2) is 26.8 Å². The third-order valence-corrected chi connectivity index (χ3v) is 6.19. The molecule has 0 spiro atoms. The first-order chi connectivity index (χ1) is 15.4. The Bertz CT molecular complexity index is 1110. The van der Waals surface area contributed by atoms with Gasteiger partial charge in [0.05, 0.1) is 18.1 Å². The molecule has 0 amide bonds. The number of hydrazine groups is 2. The van der Waals surface area contributed by atoms with Gasteiger partial charge in [-0.3, -0.25) is 4.98 Å². The van der Waals surface area contributed by atoms with Gasteiger partial charge in [-0.05, 0) is 54.2 Å². The second-order valence-electron chi connectivity index (χ2n) is 8.24. The van der Waals surface area contributed by atoms with Crippen LogP contribution >= 0.6 is 0 Å². The number of nitrogens with zero attached hydrogens (tertiary/aromatic N) is 3. The van der Waals surface area contributed by atoms with E-state index in [1.165, 1.54) is 12.3 Å². The zero-order chi connectivity index (χ0) is 22.3. The highest BCUT2D eigenvalue weighted by atomic mass is 19.4. The summed E-state index contributed by atoms with van der Waals surface area (Å²) in [6.07, 6.45) is 3.23. The predicted octanol–water partition coefficient (Wildman–Crippen LogP) is 3.79. The topological polar surface area (TPSA) is 66.8 Å². The van der Waals surface area contributed by atoms with Gasteiger partial charge in [0.2, 0.25) is 0 Å². The van der Waals surface area contributed by atoms with Gasteiger partial charge in [0.15, 0.2) is 0 Å². The molecule has 0 radical (unpaired) electrons. The van der Waals surface area contributed by atoms with Gasteiger partial charge in [0.25, 0.3) is 0 Å². The minimum atomic E-state index is -4.41. The van der Waals surface area contributed by atoms with Crippen molar-refractivity contribution in [2.24, 2.45) is 0 Å². The summed E-state index contributed by atoms with van der Waals surface area (Å²) in [6.45, 7) is 0.650. The first-order valence-electron chi connectivity index (χ1n) is 10.5. The summed E-state index contributed by atoms with van der Waals surface area (Å²) in [7, 11) is 0. The minimum Gasteiger partial charge on any atom is -0.336 e. The number of fused-ring (bicyclic) bond motifs is 1. The van der Waals surface area contributed by atoms with Gasteiger partial charge in [-0.25, -0.2) is 20.2 Å². The molecular weight excluding hydrogens is 424 g/mol. The number of hydrogen-bond donors (Lipinski definition) is 3. The maximum absolute atomic E-state index is 14.2. The maximum atomic E-state index is 14.2. The normalized spacial score (nSPS) is 23.3. The van der Waals surface area contributed by atoms with Crippen LogP contribution in [0.15, 0.2) is 49.1 Å². The molecule has 2 aliphatic rings. The van der Waals surface area contributed by atoms with Crippen LogP contribution in [0.1, 0.15) is 41.5 Å². The van der Waals surface area contributed by atoms with Crippen molar-refractivity contribution in [2.45, 2.75) is 50.0 Å². The van der Waals surface area contributed by atoms with Crippen molar-refractivity contribution in [3.63, 3.8) is 0 Å². The summed E-state index contributed by atoms with van der Waals surface area (Å²) in [5.41, 5.74) is 10.5. The van der Waals surface area contributed by atoms with E-state index in [9.17, 15) is 17.6 Å². The van der Waals surface area contributed by atoms with Crippen LogP contribution in [0.5, 0.6) is 0 Å². The lowest BCUT2D eigenvalue weighted by Crippen LogP contribution is -2.43. The number of rotatable bonds is 4. The number of nitrogens with one attached hydrogen (secondary N) is 3. The number of pyridine rings is 1. The third kappa shape index (κ3) is 4.01. The van der Waals surface area contributed by atoms with Crippen molar-refractivity contribution < 1.29 is 17.6 Å². The Morgan fingerprint density at radius 3 is 2.81 bits per heavy atom. The molecule has 168 valence electrons. The van der Waals surface area contributed by atoms with Crippen LogP contribution in [0, 0.1) is 5.82 Å². The van der Waals surface area contributed by atoms with Gasteiger partial charge in [-0.15, -0.1) is 0 Å². The number of benzene rings is 1. The molecule has 1 aliphatic heterocycles. The molecule has 3 aromatic rings. The summed E-state index contributed by atoms with van der Waals surface area (Å²) in [5.74, 6) is 0.0318. The third-order valence-electron chi connectivity index (χ3n) is 6.19. The fourth-order valence-electron chi connectivity index (χ4n) is 4.63. The monoisotopic (exact) mass is 446 g/mol. The van der Waals surface area contributed by atoms with Crippen molar-refractivity contribution in [1.29, 1.82) is 0 Å². The Kier molecular flexibility index (Phi) is 5.44. The highest BCUT2D eigenvalue weighted by Gasteiger charge is 2.48. The molecule has 5 rings (SSSR count). The lowest BCUT2D eigenvalue weighted by atomic mass is 9.82. The lowest BCUT2D eigenvalue weighted by Gasteiger charge is -2.26. The predicted molar refractivity (Wildman–Crippen MR) is 110 cm³/mol. The molecule has 32 heavy (non-hydrogen) atoms. The molecule has 1 aromatic carbocycles. The number of hydrogen-bond acceptors (Lipinski definition) is 5. The molecule has 10 heteroatoms. The van der Waals surface area contributed by atoms with Crippen molar-refractivity contribution in [3.8, 4) is 11.4 Å². The average Bonchev–Trinajstić information content (AvgIpc) is 3.44. The minimum absolute atomic E-state index is 0.152. The van der Waals surface area contributed by atoms with E-state index in [1.807, 2.05) is 16.8 Å². The second-order valence-corrected chi connectivity index (χ2v) is 8.24. The Morgan fingerprint density at radius 2 is 1.97 bits per heavy atom. The van der Waals surface area contributed by atoms with Crippen LogP contribution in [0.25, 0.3) is 11.4 Å². The molecule has 0 bridgehead atoms. The summed E-state index contributed by atoms with van der Waals surface area (Å²) >= 11 is 0. The van der Waals surface area contributed by atoms with Gasteiger partial charge in [-0.2, -0.15) is 18.7 Å². The Balaban J connectivity index is 1.36. The fraction of sp³-hybridized carbons (Fsp3) is 0.364. The van der Waals surface area contributed by atoms with Gasteiger partial charge in [0, 0.05) is 24.9 Å². The van der Waals surface area contributed by atoms with E-state index in [4.69, 9.17) is 0 Å². The molecule has 1 aliphatic carbocycles. The molecule has 6 nitrogen and oxygen atoms in total. The van der Waals surface area contributed by atoms with E-state index >= 15 is 0 Å². The zero-order valence-corrected chi connectivity index (χ0v) is 17.0. The SMILES string of the molecule is Fc1cccc2c1CCCC2Cn1cnc(-c2cc(C3NNNC3C(F)(F)F)ccn2)c1. The first kappa shape index (κ1) is 21.0.